The number of benzene rings is 2. The second kappa shape index (κ2) is 9.99. The van der Waals surface area contributed by atoms with Gasteiger partial charge in [-0.1, -0.05) is 18.2 Å². The van der Waals surface area contributed by atoms with E-state index in [9.17, 15) is 5.11 Å². The third-order valence-corrected chi connectivity index (χ3v) is 5.14. The van der Waals surface area contributed by atoms with E-state index in [4.69, 9.17) is 14.1 Å². The van der Waals surface area contributed by atoms with Gasteiger partial charge in [-0.2, -0.15) is 0 Å². The van der Waals surface area contributed by atoms with Crippen LogP contribution in [0.1, 0.15) is 11.1 Å². The fraction of sp³-hybridized carbons (Fsp3) is 0.455. The van der Waals surface area contributed by atoms with Gasteiger partial charge in [0.15, 0.2) is 0 Å². The van der Waals surface area contributed by atoms with Gasteiger partial charge >= 0.3 is 0 Å². The fourth-order valence-electron chi connectivity index (χ4n) is 3.67. The highest BCUT2D eigenvalue weighted by Gasteiger charge is 2.15. The lowest BCUT2D eigenvalue weighted by Crippen LogP contribution is -2.42. The number of ether oxygens (including phenoxy) is 2. The molecular weight excluding hydrogens is 384 g/mol. The van der Waals surface area contributed by atoms with Crippen molar-refractivity contribution >= 4 is 11.0 Å². The quantitative estimate of drug-likeness (QED) is 0.571. The summed E-state index contributed by atoms with van der Waals surface area (Å²) in [5.74, 6) is 0.775. The molecule has 0 radical (unpaired) electrons. The number of fused-ring (bicyclic) bond motifs is 1. The Labute approximate surface area is 175 Å². The molecule has 30 heavy (non-hydrogen) atoms. The minimum Gasteiger partial charge on any atom is -0.491 e. The van der Waals surface area contributed by atoms with Crippen LogP contribution in [0, 0.1) is 0 Å². The third-order valence-electron chi connectivity index (χ3n) is 5.14. The molecule has 0 spiro atoms. The number of β-amino-alcohol motifs (C(OH)–C–C–N with tert-alkyl or cyclic N) is 1. The van der Waals surface area contributed by atoms with Crippen molar-refractivity contribution in [3.8, 4) is 5.75 Å². The van der Waals surface area contributed by atoms with Gasteiger partial charge in [0, 0.05) is 32.7 Å². The maximum absolute atomic E-state index is 10.3. The molecule has 160 valence electrons. The molecule has 0 amide bonds. The lowest BCUT2D eigenvalue weighted by Gasteiger charge is -2.28. The van der Waals surface area contributed by atoms with Crippen molar-refractivity contribution in [2.24, 2.45) is 0 Å². The Kier molecular flexibility index (Phi) is 6.91. The van der Waals surface area contributed by atoms with Crippen molar-refractivity contribution in [3.63, 3.8) is 0 Å². The molecule has 3 aromatic rings. The van der Waals surface area contributed by atoms with Crippen LogP contribution in [-0.4, -0.2) is 77.8 Å². The van der Waals surface area contributed by atoms with Crippen molar-refractivity contribution in [3.05, 3.63) is 53.6 Å². The van der Waals surface area contributed by atoms with Gasteiger partial charge in [-0.15, -0.1) is 0 Å². The standard InChI is InChI=1S/C22H28N4O4/c1-25(14-18-5-6-21-22(12-18)24-30-23-21)13-17-3-2-4-20(11-17)29-16-19(27)15-26-7-9-28-10-8-26/h2-6,11-12,19,27H,7-10,13-16H2,1H3/t19-/m0/s1. The van der Waals surface area contributed by atoms with Gasteiger partial charge in [-0.25, -0.2) is 4.63 Å². The molecule has 2 aromatic carbocycles. The average Bonchev–Trinajstić information content (AvgIpc) is 3.21. The molecule has 0 saturated carbocycles. The molecule has 1 atom stereocenters. The summed E-state index contributed by atoms with van der Waals surface area (Å²) in [5, 5.41) is 18.0. The molecule has 0 aliphatic carbocycles. The van der Waals surface area contributed by atoms with Crippen LogP contribution in [0.2, 0.25) is 0 Å². The summed E-state index contributed by atoms with van der Waals surface area (Å²) in [6.07, 6.45) is -0.518. The van der Waals surface area contributed by atoms with Crippen molar-refractivity contribution in [1.29, 1.82) is 0 Å². The van der Waals surface area contributed by atoms with Crippen LogP contribution in [0.3, 0.4) is 0 Å². The van der Waals surface area contributed by atoms with Crippen LogP contribution in [-0.2, 0) is 17.8 Å². The lowest BCUT2D eigenvalue weighted by atomic mass is 10.1. The molecular formula is C22H28N4O4. The minimum absolute atomic E-state index is 0.280. The molecule has 1 aliphatic heterocycles. The maximum atomic E-state index is 10.3. The van der Waals surface area contributed by atoms with Crippen molar-refractivity contribution in [2.75, 3.05) is 46.5 Å². The smallest absolute Gasteiger partial charge is 0.135 e. The monoisotopic (exact) mass is 412 g/mol. The molecule has 8 nitrogen and oxygen atoms in total. The highest BCUT2D eigenvalue weighted by Crippen LogP contribution is 2.17. The highest BCUT2D eigenvalue weighted by atomic mass is 16.6. The second-order valence-electron chi connectivity index (χ2n) is 7.78. The number of morpholine rings is 1. The van der Waals surface area contributed by atoms with E-state index >= 15 is 0 Å². The van der Waals surface area contributed by atoms with Crippen LogP contribution in [0.15, 0.2) is 47.1 Å². The van der Waals surface area contributed by atoms with Gasteiger partial charge in [-0.3, -0.25) is 9.80 Å². The van der Waals surface area contributed by atoms with E-state index in [1.165, 1.54) is 0 Å². The van der Waals surface area contributed by atoms with Crippen molar-refractivity contribution in [2.45, 2.75) is 19.2 Å². The third kappa shape index (κ3) is 5.76. The lowest BCUT2D eigenvalue weighted by molar-refractivity contribution is 0.00464. The Morgan fingerprint density at radius 2 is 1.83 bits per heavy atom. The van der Waals surface area contributed by atoms with E-state index in [1.54, 1.807) is 0 Å². The molecule has 1 N–H and O–H groups in total. The Bertz CT molecular complexity index is 942. The zero-order valence-electron chi connectivity index (χ0n) is 17.2. The molecule has 0 unspecified atom stereocenters. The molecule has 0 bridgehead atoms. The number of nitrogens with zero attached hydrogens (tertiary/aromatic N) is 4. The van der Waals surface area contributed by atoms with Crippen LogP contribution in [0.4, 0.5) is 0 Å². The molecule has 1 fully saturated rings. The van der Waals surface area contributed by atoms with Crippen LogP contribution >= 0.6 is 0 Å². The first-order chi connectivity index (χ1) is 14.7. The Morgan fingerprint density at radius 1 is 1.07 bits per heavy atom. The van der Waals surface area contributed by atoms with Gasteiger partial charge in [0.05, 0.1) is 13.2 Å². The first kappa shape index (κ1) is 20.7. The Morgan fingerprint density at radius 3 is 2.67 bits per heavy atom. The van der Waals surface area contributed by atoms with E-state index in [2.05, 4.69) is 33.2 Å². The highest BCUT2D eigenvalue weighted by molar-refractivity contribution is 5.73. The number of hydrogen-bond acceptors (Lipinski definition) is 8. The van der Waals surface area contributed by atoms with Crippen molar-refractivity contribution in [1.82, 2.24) is 20.1 Å². The Balaban J connectivity index is 1.26. The van der Waals surface area contributed by atoms with E-state index in [0.717, 1.165) is 67.3 Å². The summed E-state index contributed by atoms with van der Waals surface area (Å²) in [4.78, 5) is 4.43. The number of aromatic nitrogens is 2. The zero-order chi connectivity index (χ0) is 20.8. The van der Waals surface area contributed by atoms with Crippen LogP contribution in [0.25, 0.3) is 11.0 Å². The number of rotatable bonds is 9. The number of aliphatic hydroxyl groups is 1. The summed E-state index contributed by atoms with van der Waals surface area (Å²) >= 11 is 0. The normalized spacial score (nSPS) is 16.2. The first-order valence-corrected chi connectivity index (χ1v) is 10.3. The fourth-order valence-corrected chi connectivity index (χ4v) is 3.67. The zero-order valence-corrected chi connectivity index (χ0v) is 17.2. The van der Waals surface area contributed by atoms with Gasteiger partial charge in [-0.05, 0) is 52.8 Å². The molecule has 1 aromatic heterocycles. The van der Waals surface area contributed by atoms with E-state index in [0.29, 0.717) is 6.54 Å². The maximum Gasteiger partial charge on any atom is 0.135 e. The minimum atomic E-state index is -0.518. The largest absolute Gasteiger partial charge is 0.491 e. The van der Waals surface area contributed by atoms with E-state index in [1.807, 2.05) is 36.4 Å². The van der Waals surface area contributed by atoms with Gasteiger partial charge in [0.25, 0.3) is 0 Å². The molecule has 1 aliphatic rings. The van der Waals surface area contributed by atoms with Gasteiger partial charge in [0.2, 0.25) is 0 Å². The average molecular weight is 412 g/mol. The first-order valence-electron chi connectivity index (χ1n) is 10.3. The summed E-state index contributed by atoms with van der Waals surface area (Å²) in [6, 6.07) is 14.0. The summed E-state index contributed by atoms with van der Waals surface area (Å²) in [6.45, 7) is 5.63. The SMILES string of the molecule is CN(Cc1cccc(OC[C@@H](O)CN2CCOCC2)c1)Cc1ccc2nonc2c1. The predicted molar refractivity (Wildman–Crippen MR) is 112 cm³/mol. The summed E-state index contributed by atoms with van der Waals surface area (Å²) in [7, 11) is 2.07. The Hall–Kier alpha value is -2.52. The van der Waals surface area contributed by atoms with Gasteiger partial charge < -0.3 is 14.6 Å². The molecule has 1 saturated heterocycles. The van der Waals surface area contributed by atoms with E-state index in [-0.39, 0.29) is 6.61 Å². The topological polar surface area (TPSA) is 84.1 Å². The van der Waals surface area contributed by atoms with Gasteiger partial charge in [0.1, 0.15) is 29.5 Å². The molecule has 8 heteroatoms. The summed E-state index contributed by atoms with van der Waals surface area (Å²) < 4.78 is 15.9. The summed E-state index contributed by atoms with van der Waals surface area (Å²) in [5.41, 5.74) is 3.84. The van der Waals surface area contributed by atoms with Crippen molar-refractivity contribution < 1.29 is 19.2 Å². The van der Waals surface area contributed by atoms with Crippen LogP contribution < -0.4 is 4.74 Å². The van der Waals surface area contributed by atoms with Crippen LogP contribution in [0.5, 0.6) is 5.75 Å². The number of aliphatic hydroxyl groups excluding tert-OH is 1. The second-order valence-corrected chi connectivity index (χ2v) is 7.78. The molecule has 2 heterocycles. The van der Waals surface area contributed by atoms with E-state index < -0.39 is 6.10 Å². The predicted octanol–water partition coefficient (Wildman–Crippen LogP) is 1.93. The number of hydrogen-bond donors (Lipinski definition) is 1. The molecule has 4 rings (SSSR count).